The van der Waals surface area contributed by atoms with Gasteiger partial charge in [0.2, 0.25) is 10.9 Å². The third-order valence-corrected chi connectivity index (χ3v) is 2.72. The van der Waals surface area contributed by atoms with Crippen molar-refractivity contribution in [2.45, 2.75) is 0 Å². The van der Waals surface area contributed by atoms with Crippen LogP contribution in [0.4, 0.5) is 22.0 Å². The summed E-state index contributed by atoms with van der Waals surface area (Å²) in [5.74, 6) is -13.5. The highest BCUT2D eigenvalue weighted by Crippen LogP contribution is 2.65. The summed E-state index contributed by atoms with van der Waals surface area (Å²) in [7, 11) is 0. The quantitative estimate of drug-likeness (QED) is 0.298. The first-order valence-electron chi connectivity index (χ1n) is 3.83. The van der Waals surface area contributed by atoms with Crippen molar-refractivity contribution in [3.63, 3.8) is 0 Å². The third-order valence-electron chi connectivity index (χ3n) is 1.63. The predicted octanol–water partition coefficient (Wildman–Crippen LogP) is 5.18. The lowest BCUT2D eigenvalue weighted by Gasteiger charge is -2.05. The largest absolute Gasteiger partial charge is 0.285 e. The number of benzene rings is 1. The maximum Gasteiger partial charge on any atom is 0.285 e. The number of carbonyl (C=O) groups is 1. The zero-order valence-corrected chi connectivity index (χ0v) is 11.0. The highest BCUT2D eigenvalue weighted by molar-refractivity contribution is 8.26. The Hall–Kier alpha value is -0.360. The molecule has 0 aliphatic carbocycles. The second-order valence-corrected chi connectivity index (χ2v) is 9.77. The Bertz CT molecular complexity index is 550. The fraction of sp³-hybridized carbons (Fsp3) is 0. The van der Waals surface area contributed by atoms with Gasteiger partial charge in [0.05, 0.1) is 0 Å². The number of carbonyl (C=O) groups excluding carboxylic acids is 1. The summed E-state index contributed by atoms with van der Waals surface area (Å²) in [6.45, 7) is 0. The van der Waals surface area contributed by atoms with E-state index in [1.165, 1.54) is 0 Å². The number of rotatable bonds is 1. The van der Waals surface area contributed by atoms with E-state index >= 15 is 0 Å². The van der Waals surface area contributed by atoms with Crippen molar-refractivity contribution in [1.82, 2.24) is 0 Å². The molecular formula is C7Cl3F5NOP. The topological polar surface area (TPSA) is 29.4 Å². The van der Waals surface area contributed by atoms with Crippen LogP contribution in [0.2, 0.25) is 0 Å². The Morgan fingerprint density at radius 1 is 0.833 bits per heavy atom. The van der Waals surface area contributed by atoms with Crippen LogP contribution in [0.1, 0.15) is 10.4 Å². The molecule has 0 fully saturated rings. The van der Waals surface area contributed by atoms with Crippen LogP contribution in [0, 0.1) is 29.1 Å². The fourth-order valence-electron chi connectivity index (χ4n) is 0.946. The molecule has 0 aromatic heterocycles. The zero-order chi connectivity index (χ0) is 14.2. The first kappa shape index (κ1) is 15.7. The van der Waals surface area contributed by atoms with Crippen LogP contribution in [0.25, 0.3) is 0 Å². The number of amides is 1. The standard InChI is InChI=1S/C7Cl3F5NOP/c8-18(9,10)16-7(17)1-2(11)4(13)6(15)5(14)3(1)12. The van der Waals surface area contributed by atoms with Crippen molar-refractivity contribution in [2.75, 3.05) is 0 Å². The van der Waals surface area contributed by atoms with E-state index in [2.05, 4.69) is 4.74 Å². The van der Waals surface area contributed by atoms with Gasteiger partial charge in [-0.15, -0.1) is 0 Å². The minimum atomic E-state index is -3.70. The molecule has 0 aliphatic heterocycles. The molecule has 11 heteroatoms. The van der Waals surface area contributed by atoms with Gasteiger partial charge in [-0.3, -0.25) is 4.79 Å². The molecule has 0 atom stereocenters. The van der Waals surface area contributed by atoms with Crippen molar-refractivity contribution in [2.24, 2.45) is 4.74 Å². The van der Waals surface area contributed by atoms with Gasteiger partial charge in [0.25, 0.3) is 5.91 Å². The van der Waals surface area contributed by atoms with E-state index in [0.29, 0.717) is 0 Å². The monoisotopic (exact) mass is 345 g/mol. The molecule has 2 nitrogen and oxygen atoms in total. The minimum absolute atomic E-state index is 1.77. The predicted molar refractivity (Wildman–Crippen MR) is 57.5 cm³/mol. The van der Waals surface area contributed by atoms with E-state index in [9.17, 15) is 26.7 Å². The van der Waals surface area contributed by atoms with E-state index in [1.54, 1.807) is 0 Å². The lowest BCUT2D eigenvalue weighted by atomic mass is 10.1. The van der Waals surface area contributed by atoms with Gasteiger partial charge in [-0.2, -0.15) is 4.74 Å². The Morgan fingerprint density at radius 3 is 1.50 bits per heavy atom. The lowest BCUT2D eigenvalue weighted by Crippen LogP contribution is -2.10. The SMILES string of the molecule is O=C(N=P(Cl)(Cl)Cl)c1c(F)c(F)c(F)c(F)c1F. The van der Waals surface area contributed by atoms with Crippen LogP contribution >= 0.6 is 38.8 Å². The fourth-order valence-corrected chi connectivity index (χ4v) is 1.87. The number of nitrogens with zero attached hydrogens (tertiary/aromatic N) is 1. The average Bonchev–Trinajstić information content (AvgIpc) is 2.21. The van der Waals surface area contributed by atoms with Crippen molar-refractivity contribution >= 4 is 44.7 Å². The summed E-state index contributed by atoms with van der Waals surface area (Å²) in [5, 5.41) is -3.70. The Labute approximate surface area is 111 Å². The van der Waals surface area contributed by atoms with Gasteiger partial charge in [-0.1, -0.05) is 0 Å². The Kier molecular flexibility index (Phi) is 4.65. The van der Waals surface area contributed by atoms with Gasteiger partial charge in [0.15, 0.2) is 23.3 Å². The Balaban J connectivity index is 3.58. The van der Waals surface area contributed by atoms with E-state index in [-0.39, 0.29) is 0 Å². The van der Waals surface area contributed by atoms with Gasteiger partial charge in [-0.05, 0) is 33.7 Å². The molecule has 1 aromatic carbocycles. The number of hydrogen-bond acceptors (Lipinski definition) is 1. The maximum absolute atomic E-state index is 13.1. The van der Waals surface area contributed by atoms with Crippen LogP contribution in [0.15, 0.2) is 4.74 Å². The minimum Gasteiger partial charge on any atom is -0.267 e. The molecule has 0 bridgehead atoms. The van der Waals surface area contributed by atoms with Gasteiger partial charge in [0.1, 0.15) is 5.56 Å². The summed E-state index contributed by atoms with van der Waals surface area (Å²) in [6, 6.07) is 0. The van der Waals surface area contributed by atoms with Gasteiger partial charge >= 0.3 is 0 Å². The second kappa shape index (κ2) is 5.33. The van der Waals surface area contributed by atoms with Crippen LogP contribution in [-0.2, 0) is 0 Å². The molecule has 0 saturated carbocycles. The molecule has 0 heterocycles. The van der Waals surface area contributed by atoms with Gasteiger partial charge < -0.3 is 0 Å². The second-order valence-electron chi connectivity index (χ2n) is 2.77. The number of hydrogen-bond donors (Lipinski definition) is 0. The van der Waals surface area contributed by atoms with Crippen LogP contribution in [0.3, 0.4) is 0 Å². The Morgan fingerprint density at radius 2 is 1.17 bits per heavy atom. The van der Waals surface area contributed by atoms with Gasteiger partial charge in [-0.25, -0.2) is 22.0 Å². The first-order chi connectivity index (χ1) is 8.06. The molecule has 0 N–H and O–H groups in total. The first-order valence-corrected chi connectivity index (χ1v) is 8.29. The number of halogens is 8. The molecule has 0 aliphatic rings. The van der Waals surface area contributed by atoms with E-state index in [4.69, 9.17) is 33.7 Å². The van der Waals surface area contributed by atoms with Gasteiger partial charge in [0, 0.05) is 0 Å². The van der Waals surface area contributed by atoms with Crippen molar-refractivity contribution in [3.05, 3.63) is 34.6 Å². The van der Waals surface area contributed by atoms with Crippen molar-refractivity contribution < 1.29 is 26.7 Å². The van der Waals surface area contributed by atoms with Crippen LogP contribution < -0.4 is 0 Å². The molecule has 1 aromatic rings. The average molecular weight is 346 g/mol. The smallest absolute Gasteiger partial charge is 0.267 e. The molecule has 18 heavy (non-hydrogen) atoms. The summed E-state index contributed by atoms with van der Waals surface area (Å²) in [5.41, 5.74) is -1.77. The molecule has 1 rings (SSSR count). The highest BCUT2D eigenvalue weighted by Gasteiger charge is 2.30. The summed E-state index contributed by atoms with van der Waals surface area (Å²) < 4.78 is 67.1. The summed E-state index contributed by atoms with van der Waals surface area (Å²) in [6.07, 6.45) is 0. The highest BCUT2D eigenvalue weighted by atomic mass is 36.0. The molecule has 0 saturated heterocycles. The molecule has 0 spiro atoms. The lowest BCUT2D eigenvalue weighted by molar-refractivity contribution is 0.0994. The van der Waals surface area contributed by atoms with E-state index in [1.807, 2.05) is 0 Å². The van der Waals surface area contributed by atoms with E-state index in [0.717, 1.165) is 0 Å². The van der Waals surface area contributed by atoms with Crippen LogP contribution in [-0.4, -0.2) is 5.91 Å². The maximum atomic E-state index is 13.1. The normalized spacial score (nSPS) is 11.6. The molecule has 0 unspecified atom stereocenters. The third kappa shape index (κ3) is 3.15. The van der Waals surface area contributed by atoms with Crippen molar-refractivity contribution in [3.8, 4) is 0 Å². The molecule has 0 radical (unpaired) electrons. The zero-order valence-electron chi connectivity index (χ0n) is 7.83. The van der Waals surface area contributed by atoms with Crippen molar-refractivity contribution in [1.29, 1.82) is 0 Å². The van der Waals surface area contributed by atoms with E-state index < -0.39 is 45.7 Å². The summed E-state index contributed by atoms with van der Waals surface area (Å²) in [4.78, 5) is 11.2. The molecule has 1 amide bonds. The molecule has 100 valence electrons. The summed E-state index contributed by atoms with van der Waals surface area (Å²) >= 11 is 15.4. The molecular weight excluding hydrogens is 346 g/mol. The van der Waals surface area contributed by atoms with Crippen LogP contribution in [0.5, 0.6) is 0 Å².